The fourth-order valence-electron chi connectivity index (χ4n) is 3.44. The summed E-state index contributed by atoms with van der Waals surface area (Å²) >= 11 is 6.06. The van der Waals surface area contributed by atoms with E-state index in [9.17, 15) is 14.4 Å². The number of carbonyl (C=O) groups is 3. The molecule has 1 heterocycles. The lowest BCUT2D eigenvalue weighted by Crippen LogP contribution is -2.43. The molecule has 28 heavy (non-hydrogen) atoms. The summed E-state index contributed by atoms with van der Waals surface area (Å²) in [6.45, 7) is 3.71. The van der Waals surface area contributed by atoms with Crippen LogP contribution >= 0.6 is 11.6 Å². The maximum Gasteiger partial charge on any atom is 0.251 e. The number of amides is 3. The minimum Gasteiger partial charge on any atom is -0.324 e. The van der Waals surface area contributed by atoms with Gasteiger partial charge in [-0.3, -0.25) is 19.3 Å². The van der Waals surface area contributed by atoms with Crippen molar-refractivity contribution in [2.45, 2.75) is 26.3 Å². The first-order valence-corrected chi connectivity index (χ1v) is 9.35. The Labute approximate surface area is 169 Å². The van der Waals surface area contributed by atoms with E-state index in [1.807, 2.05) is 32.0 Å². The van der Waals surface area contributed by atoms with Crippen molar-refractivity contribution in [3.63, 3.8) is 0 Å². The molecule has 1 aliphatic rings. The fraction of sp³-hybridized carbons (Fsp3) is 0.286. The summed E-state index contributed by atoms with van der Waals surface area (Å²) in [5.74, 6) is -0.873. The average Bonchev–Trinajstić information content (AvgIpc) is 2.92. The van der Waals surface area contributed by atoms with Gasteiger partial charge in [0.25, 0.3) is 5.91 Å². The van der Waals surface area contributed by atoms with Crippen molar-refractivity contribution >= 4 is 40.7 Å². The number of nitrogens with zero attached hydrogens (tertiary/aromatic N) is 2. The maximum absolute atomic E-state index is 13.0. The van der Waals surface area contributed by atoms with Crippen LogP contribution in [0.15, 0.2) is 42.5 Å². The molecule has 6 nitrogen and oxygen atoms in total. The number of nitrogens with one attached hydrogen (secondary N) is 1. The summed E-state index contributed by atoms with van der Waals surface area (Å²) in [6, 6.07) is 11.9. The van der Waals surface area contributed by atoms with E-state index in [0.717, 1.165) is 11.1 Å². The Morgan fingerprint density at radius 2 is 1.79 bits per heavy atom. The van der Waals surface area contributed by atoms with E-state index in [4.69, 9.17) is 11.6 Å². The van der Waals surface area contributed by atoms with Gasteiger partial charge in [-0.15, -0.1) is 0 Å². The highest BCUT2D eigenvalue weighted by Gasteiger charge is 2.42. The van der Waals surface area contributed by atoms with Gasteiger partial charge in [0.15, 0.2) is 0 Å². The topological polar surface area (TPSA) is 69.7 Å². The van der Waals surface area contributed by atoms with Crippen LogP contribution in [0.5, 0.6) is 0 Å². The van der Waals surface area contributed by atoms with Gasteiger partial charge in [0, 0.05) is 0 Å². The van der Waals surface area contributed by atoms with Gasteiger partial charge in [0.1, 0.15) is 0 Å². The van der Waals surface area contributed by atoms with Gasteiger partial charge in [-0.1, -0.05) is 41.9 Å². The lowest BCUT2D eigenvalue weighted by atomic mass is 10.1. The number of likely N-dealkylation sites (N-methyl/N-ethyl adjacent to an activating group) is 1. The number of halogens is 1. The normalized spacial score (nSPS) is 16.8. The summed E-state index contributed by atoms with van der Waals surface area (Å²) in [5, 5.41) is 3.17. The smallest absolute Gasteiger partial charge is 0.251 e. The van der Waals surface area contributed by atoms with E-state index in [0.29, 0.717) is 16.4 Å². The fourth-order valence-corrected chi connectivity index (χ4v) is 3.63. The van der Waals surface area contributed by atoms with Gasteiger partial charge in [0.05, 0.1) is 35.4 Å². The van der Waals surface area contributed by atoms with Gasteiger partial charge in [-0.05, 0) is 44.2 Å². The summed E-state index contributed by atoms with van der Waals surface area (Å²) in [7, 11) is 1.66. The Morgan fingerprint density at radius 1 is 1.14 bits per heavy atom. The molecule has 0 unspecified atom stereocenters. The first-order chi connectivity index (χ1) is 13.3. The number of para-hydroxylation sites is 2. The van der Waals surface area contributed by atoms with E-state index in [1.54, 1.807) is 36.2 Å². The van der Waals surface area contributed by atoms with Crippen molar-refractivity contribution in [2.75, 3.05) is 23.8 Å². The molecule has 3 amide bonds. The largest absolute Gasteiger partial charge is 0.324 e. The third-order valence-electron chi connectivity index (χ3n) is 4.86. The molecule has 0 aliphatic carbocycles. The molecule has 1 saturated heterocycles. The molecule has 0 radical (unpaired) electrons. The van der Waals surface area contributed by atoms with Gasteiger partial charge < -0.3 is 5.32 Å². The molecule has 2 aromatic rings. The highest BCUT2D eigenvalue weighted by molar-refractivity contribution is 6.33. The molecular weight excluding hydrogens is 378 g/mol. The lowest BCUT2D eigenvalue weighted by Gasteiger charge is -2.23. The number of aryl methyl sites for hydroxylation is 2. The number of anilines is 2. The predicted molar refractivity (Wildman–Crippen MR) is 110 cm³/mol. The van der Waals surface area contributed by atoms with Crippen LogP contribution in [0.1, 0.15) is 17.5 Å². The molecule has 1 N–H and O–H groups in total. The van der Waals surface area contributed by atoms with Crippen molar-refractivity contribution in [1.82, 2.24) is 4.90 Å². The number of hydrogen-bond acceptors (Lipinski definition) is 4. The summed E-state index contributed by atoms with van der Waals surface area (Å²) in [6.07, 6.45) is 0.0441. The van der Waals surface area contributed by atoms with E-state index in [1.165, 1.54) is 4.90 Å². The van der Waals surface area contributed by atoms with Crippen LogP contribution in [0.3, 0.4) is 0 Å². The van der Waals surface area contributed by atoms with Crippen molar-refractivity contribution in [3.8, 4) is 0 Å². The van der Waals surface area contributed by atoms with Crippen molar-refractivity contribution in [3.05, 3.63) is 58.6 Å². The average molecular weight is 400 g/mol. The number of benzene rings is 2. The predicted octanol–water partition coefficient (Wildman–Crippen LogP) is 3.16. The quantitative estimate of drug-likeness (QED) is 0.784. The molecule has 2 aromatic carbocycles. The molecule has 1 aliphatic heterocycles. The van der Waals surface area contributed by atoms with E-state index in [2.05, 4.69) is 5.32 Å². The summed E-state index contributed by atoms with van der Waals surface area (Å²) in [5.41, 5.74) is 2.87. The Kier molecular flexibility index (Phi) is 5.82. The Bertz CT molecular complexity index is 924. The van der Waals surface area contributed by atoms with E-state index in [-0.39, 0.29) is 30.7 Å². The minimum atomic E-state index is -0.677. The van der Waals surface area contributed by atoms with Crippen LogP contribution in [0.2, 0.25) is 5.02 Å². The molecule has 0 aromatic heterocycles. The van der Waals surface area contributed by atoms with Crippen LogP contribution in [0.4, 0.5) is 11.4 Å². The lowest BCUT2D eigenvalue weighted by molar-refractivity contribution is -0.123. The van der Waals surface area contributed by atoms with E-state index >= 15 is 0 Å². The highest BCUT2D eigenvalue weighted by Crippen LogP contribution is 2.31. The number of rotatable bonds is 5. The summed E-state index contributed by atoms with van der Waals surface area (Å²) in [4.78, 5) is 40.8. The van der Waals surface area contributed by atoms with Crippen LogP contribution in [0.25, 0.3) is 0 Å². The minimum absolute atomic E-state index is 0.0322. The molecule has 0 bridgehead atoms. The summed E-state index contributed by atoms with van der Waals surface area (Å²) < 4.78 is 0. The van der Waals surface area contributed by atoms with Crippen LogP contribution in [0, 0.1) is 13.8 Å². The Balaban J connectivity index is 1.72. The van der Waals surface area contributed by atoms with Crippen LogP contribution in [-0.4, -0.2) is 42.3 Å². The SMILES string of the molecule is Cc1cccc(C)c1N1C(=O)C[C@@H](N(C)CC(=O)Nc2ccccc2Cl)C1=O. The molecule has 1 atom stereocenters. The monoisotopic (exact) mass is 399 g/mol. The van der Waals surface area contributed by atoms with Crippen molar-refractivity contribution in [1.29, 1.82) is 0 Å². The van der Waals surface area contributed by atoms with Gasteiger partial charge in [0.2, 0.25) is 11.8 Å². The number of hydrogen-bond donors (Lipinski definition) is 1. The number of imide groups is 1. The third kappa shape index (κ3) is 3.93. The molecule has 7 heteroatoms. The zero-order chi connectivity index (χ0) is 20.4. The zero-order valence-corrected chi connectivity index (χ0v) is 16.8. The molecule has 0 saturated carbocycles. The van der Waals surface area contributed by atoms with Gasteiger partial charge >= 0.3 is 0 Å². The molecule has 1 fully saturated rings. The van der Waals surface area contributed by atoms with Gasteiger partial charge in [-0.25, -0.2) is 4.90 Å². The van der Waals surface area contributed by atoms with Gasteiger partial charge in [-0.2, -0.15) is 0 Å². The Hall–Kier alpha value is -2.70. The molecular formula is C21H22ClN3O3. The third-order valence-corrected chi connectivity index (χ3v) is 5.19. The zero-order valence-electron chi connectivity index (χ0n) is 16.0. The second kappa shape index (κ2) is 8.12. The second-order valence-corrected chi connectivity index (χ2v) is 7.38. The van der Waals surface area contributed by atoms with E-state index < -0.39 is 6.04 Å². The molecule has 3 rings (SSSR count). The second-order valence-electron chi connectivity index (χ2n) is 6.97. The van der Waals surface area contributed by atoms with Crippen LogP contribution in [-0.2, 0) is 14.4 Å². The van der Waals surface area contributed by atoms with Crippen molar-refractivity contribution in [2.24, 2.45) is 0 Å². The van der Waals surface area contributed by atoms with Crippen LogP contribution < -0.4 is 10.2 Å². The highest BCUT2D eigenvalue weighted by atomic mass is 35.5. The van der Waals surface area contributed by atoms with Crippen molar-refractivity contribution < 1.29 is 14.4 Å². The first kappa shape index (κ1) is 20.0. The Morgan fingerprint density at radius 3 is 2.43 bits per heavy atom. The molecule has 0 spiro atoms. The first-order valence-electron chi connectivity index (χ1n) is 8.97. The molecule has 146 valence electrons. The number of carbonyl (C=O) groups excluding carboxylic acids is 3. The maximum atomic E-state index is 13.0. The standard InChI is InChI=1S/C21H22ClN3O3/c1-13-7-6-8-14(2)20(13)25-19(27)11-17(21(25)28)24(3)12-18(26)23-16-10-5-4-9-15(16)22/h4-10,17H,11-12H2,1-3H3,(H,23,26)/t17-/m1/s1.